The Morgan fingerprint density at radius 1 is 1.35 bits per heavy atom. The van der Waals surface area contributed by atoms with E-state index in [1.165, 1.54) is 12.3 Å². The number of carbonyl (C=O) groups excluding carboxylic acids is 1. The first-order chi connectivity index (χ1) is 11.0. The minimum absolute atomic E-state index is 0.246. The van der Waals surface area contributed by atoms with Crippen molar-refractivity contribution in [1.29, 1.82) is 0 Å². The molecule has 0 radical (unpaired) electrons. The lowest BCUT2D eigenvalue weighted by molar-refractivity contribution is -0.111. The largest absolute Gasteiger partial charge is 0.320 e. The predicted molar refractivity (Wildman–Crippen MR) is 84.8 cm³/mol. The van der Waals surface area contributed by atoms with Gasteiger partial charge in [-0.1, -0.05) is 6.07 Å². The highest BCUT2D eigenvalue weighted by atomic mass is 19.1. The maximum absolute atomic E-state index is 13.4. The van der Waals surface area contributed by atoms with Gasteiger partial charge in [-0.3, -0.25) is 9.48 Å². The number of hydrogen-bond acceptors (Lipinski definition) is 3. The van der Waals surface area contributed by atoms with E-state index >= 15 is 0 Å². The molecule has 0 spiro atoms. The summed E-state index contributed by atoms with van der Waals surface area (Å²) in [7, 11) is 3.91. The zero-order valence-electron chi connectivity index (χ0n) is 13.0. The number of rotatable bonds is 6. The summed E-state index contributed by atoms with van der Waals surface area (Å²) >= 11 is 0. The Balaban J connectivity index is 1.96. The van der Waals surface area contributed by atoms with Crippen molar-refractivity contribution in [2.24, 2.45) is 0 Å². The number of hydrogen-bond donors (Lipinski definition) is 1. The van der Waals surface area contributed by atoms with Crippen LogP contribution in [0.5, 0.6) is 0 Å². The molecule has 23 heavy (non-hydrogen) atoms. The molecule has 1 N–H and O–H groups in total. The lowest BCUT2D eigenvalue weighted by Crippen LogP contribution is -2.18. The summed E-state index contributed by atoms with van der Waals surface area (Å²) in [5, 5.41) is 6.71. The summed E-state index contributed by atoms with van der Waals surface area (Å²) in [6.45, 7) is 1.51. The fourth-order valence-electron chi connectivity index (χ4n) is 1.87. The standard InChI is InChI=1S/C16H18F2N4O/c1-21(2)8-9-22-11-12(10-19-22)20-16(23)7-6-13-14(17)4-3-5-15(13)18/h3-7,10-11H,8-9H2,1-2H3,(H,20,23)/b7-6+. The third kappa shape index (κ3) is 5.00. The van der Waals surface area contributed by atoms with Crippen LogP contribution in [0, 0.1) is 11.6 Å². The molecule has 0 aliphatic heterocycles. The number of halogens is 2. The van der Waals surface area contributed by atoms with Crippen LogP contribution in [0.3, 0.4) is 0 Å². The quantitative estimate of drug-likeness (QED) is 0.832. The van der Waals surface area contributed by atoms with Crippen LogP contribution in [-0.2, 0) is 11.3 Å². The molecule has 0 unspecified atom stereocenters. The molecule has 0 saturated carbocycles. The smallest absolute Gasteiger partial charge is 0.248 e. The van der Waals surface area contributed by atoms with Gasteiger partial charge in [0.15, 0.2) is 0 Å². The minimum Gasteiger partial charge on any atom is -0.320 e. The maximum atomic E-state index is 13.4. The molecule has 0 aliphatic carbocycles. The average Bonchev–Trinajstić information content (AvgIpc) is 2.92. The molecule has 0 aliphatic rings. The first-order valence-corrected chi connectivity index (χ1v) is 7.06. The van der Waals surface area contributed by atoms with Crippen molar-refractivity contribution in [3.8, 4) is 0 Å². The van der Waals surface area contributed by atoms with E-state index in [0.29, 0.717) is 12.2 Å². The molecule has 5 nitrogen and oxygen atoms in total. The van der Waals surface area contributed by atoms with Crippen LogP contribution in [0.25, 0.3) is 6.08 Å². The Hall–Kier alpha value is -2.54. The van der Waals surface area contributed by atoms with Gasteiger partial charge in [0.05, 0.1) is 18.4 Å². The number of likely N-dealkylation sites (N-methyl/N-ethyl adjacent to an activating group) is 1. The number of benzene rings is 1. The van der Waals surface area contributed by atoms with Crippen LogP contribution < -0.4 is 5.32 Å². The molecule has 0 bridgehead atoms. The Labute approximate surface area is 133 Å². The zero-order chi connectivity index (χ0) is 16.8. The maximum Gasteiger partial charge on any atom is 0.248 e. The number of nitrogens with one attached hydrogen (secondary N) is 1. The zero-order valence-corrected chi connectivity index (χ0v) is 13.0. The first-order valence-electron chi connectivity index (χ1n) is 7.06. The van der Waals surface area contributed by atoms with Gasteiger partial charge in [-0.15, -0.1) is 0 Å². The summed E-state index contributed by atoms with van der Waals surface area (Å²) in [5.41, 5.74) is 0.275. The number of nitrogens with zero attached hydrogens (tertiary/aromatic N) is 3. The average molecular weight is 320 g/mol. The van der Waals surface area contributed by atoms with Crippen LogP contribution in [-0.4, -0.2) is 41.2 Å². The highest BCUT2D eigenvalue weighted by Crippen LogP contribution is 2.14. The highest BCUT2D eigenvalue weighted by molar-refractivity contribution is 6.01. The molecule has 2 rings (SSSR count). The Bertz CT molecular complexity index is 690. The van der Waals surface area contributed by atoms with Crippen LogP contribution >= 0.6 is 0 Å². The van der Waals surface area contributed by atoms with E-state index in [-0.39, 0.29) is 5.56 Å². The van der Waals surface area contributed by atoms with E-state index in [4.69, 9.17) is 0 Å². The minimum atomic E-state index is -0.717. The van der Waals surface area contributed by atoms with E-state index in [9.17, 15) is 13.6 Å². The molecule has 1 amide bonds. The molecule has 2 aromatic rings. The summed E-state index contributed by atoms with van der Waals surface area (Å²) in [6, 6.07) is 3.54. The van der Waals surface area contributed by atoms with Crippen molar-refractivity contribution in [2.45, 2.75) is 6.54 Å². The normalized spacial score (nSPS) is 11.3. The second kappa shape index (κ2) is 7.64. The Kier molecular flexibility index (Phi) is 5.59. The third-order valence-corrected chi connectivity index (χ3v) is 3.08. The monoisotopic (exact) mass is 320 g/mol. The number of carbonyl (C=O) groups is 1. The number of amides is 1. The van der Waals surface area contributed by atoms with Gasteiger partial charge in [0.2, 0.25) is 5.91 Å². The van der Waals surface area contributed by atoms with Crippen LogP contribution in [0.15, 0.2) is 36.7 Å². The second-order valence-corrected chi connectivity index (χ2v) is 5.25. The molecule has 1 aromatic heterocycles. The first kappa shape index (κ1) is 16.8. The molecule has 122 valence electrons. The van der Waals surface area contributed by atoms with Gasteiger partial charge in [-0.2, -0.15) is 5.10 Å². The van der Waals surface area contributed by atoms with Crippen molar-refractivity contribution in [1.82, 2.24) is 14.7 Å². The van der Waals surface area contributed by atoms with E-state index < -0.39 is 17.5 Å². The van der Waals surface area contributed by atoms with Crippen molar-refractivity contribution in [2.75, 3.05) is 26.0 Å². The van der Waals surface area contributed by atoms with Crippen molar-refractivity contribution in [3.05, 3.63) is 53.9 Å². The fraction of sp³-hybridized carbons (Fsp3) is 0.250. The van der Waals surface area contributed by atoms with Gasteiger partial charge < -0.3 is 10.2 Å². The van der Waals surface area contributed by atoms with E-state index in [2.05, 4.69) is 10.4 Å². The molecule has 0 fully saturated rings. The lowest BCUT2D eigenvalue weighted by atomic mass is 10.2. The van der Waals surface area contributed by atoms with Crippen molar-refractivity contribution < 1.29 is 13.6 Å². The molecule has 1 heterocycles. The molecule has 1 aromatic carbocycles. The van der Waals surface area contributed by atoms with E-state index in [0.717, 1.165) is 30.8 Å². The summed E-state index contributed by atoms with van der Waals surface area (Å²) in [6.07, 6.45) is 5.40. The summed E-state index contributed by atoms with van der Waals surface area (Å²) in [5.74, 6) is -1.92. The molecule has 0 atom stereocenters. The van der Waals surface area contributed by atoms with Crippen LogP contribution in [0.2, 0.25) is 0 Å². The van der Waals surface area contributed by atoms with E-state index in [1.807, 2.05) is 19.0 Å². The Morgan fingerprint density at radius 2 is 2.04 bits per heavy atom. The fourth-order valence-corrected chi connectivity index (χ4v) is 1.87. The summed E-state index contributed by atoms with van der Waals surface area (Å²) < 4.78 is 28.6. The highest BCUT2D eigenvalue weighted by Gasteiger charge is 2.06. The summed E-state index contributed by atoms with van der Waals surface area (Å²) in [4.78, 5) is 13.8. The van der Waals surface area contributed by atoms with Crippen molar-refractivity contribution in [3.63, 3.8) is 0 Å². The second-order valence-electron chi connectivity index (χ2n) is 5.25. The number of aromatic nitrogens is 2. The molecule has 0 saturated heterocycles. The molecular weight excluding hydrogens is 302 g/mol. The SMILES string of the molecule is CN(C)CCn1cc(NC(=O)/C=C/c2c(F)cccc2F)cn1. The van der Waals surface area contributed by atoms with Gasteiger partial charge in [0, 0.05) is 24.4 Å². The lowest BCUT2D eigenvalue weighted by Gasteiger charge is -2.08. The number of anilines is 1. The van der Waals surface area contributed by atoms with Gasteiger partial charge in [-0.05, 0) is 32.3 Å². The predicted octanol–water partition coefficient (Wildman–Crippen LogP) is 2.37. The van der Waals surface area contributed by atoms with Gasteiger partial charge >= 0.3 is 0 Å². The van der Waals surface area contributed by atoms with Gasteiger partial charge in [-0.25, -0.2) is 8.78 Å². The third-order valence-electron chi connectivity index (χ3n) is 3.08. The molecule has 7 heteroatoms. The van der Waals surface area contributed by atoms with Crippen molar-refractivity contribution >= 4 is 17.7 Å². The van der Waals surface area contributed by atoms with Gasteiger partial charge in [0.1, 0.15) is 11.6 Å². The van der Waals surface area contributed by atoms with Gasteiger partial charge in [0.25, 0.3) is 0 Å². The molecular formula is C16H18F2N4O. The Morgan fingerprint density at radius 3 is 2.70 bits per heavy atom. The van der Waals surface area contributed by atoms with Crippen LogP contribution in [0.1, 0.15) is 5.56 Å². The topological polar surface area (TPSA) is 50.2 Å². The van der Waals surface area contributed by atoms with Crippen LogP contribution in [0.4, 0.5) is 14.5 Å². The van der Waals surface area contributed by atoms with E-state index in [1.54, 1.807) is 10.9 Å².